The van der Waals surface area contributed by atoms with Crippen LogP contribution in [0.4, 0.5) is 0 Å². The molecule has 4 aromatic rings. The topological polar surface area (TPSA) is 35.1 Å². The molecule has 3 heterocycles. The van der Waals surface area contributed by atoms with Crippen molar-refractivity contribution in [2.45, 2.75) is 53.5 Å². The van der Waals surface area contributed by atoms with Gasteiger partial charge in [0, 0.05) is 27.7 Å². The molecule has 5 heteroatoms. The van der Waals surface area contributed by atoms with Gasteiger partial charge in [-0.1, -0.05) is 35.8 Å². The van der Waals surface area contributed by atoms with Crippen LogP contribution in [0.3, 0.4) is 0 Å². The number of benzene rings is 1. The van der Waals surface area contributed by atoms with Gasteiger partial charge >= 0.3 is 0 Å². The van der Waals surface area contributed by atoms with Gasteiger partial charge in [0.1, 0.15) is 5.65 Å². The fraction of sp³-hybridized carbons (Fsp3) is 0.364. The Balaban J connectivity index is 2.09. The van der Waals surface area contributed by atoms with Gasteiger partial charge in [-0.2, -0.15) is 9.61 Å². The first-order valence-electron chi connectivity index (χ1n) is 9.59. The highest BCUT2D eigenvalue weighted by Gasteiger charge is 2.21. The van der Waals surface area contributed by atoms with Gasteiger partial charge in [0.2, 0.25) is 0 Å². The van der Waals surface area contributed by atoms with E-state index in [1.807, 2.05) is 4.52 Å². The molecule has 0 N–H and O–H groups in total. The van der Waals surface area contributed by atoms with Crippen molar-refractivity contribution in [1.82, 2.24) is 19.2 Å². The molecule has 0 aliphatic heterocycles. The lowest BCUT2D eigenvalue weighted by Gasteiger charge is -2.17. The zero-order chi connectivity index (χ0) is 19.3. The van der Waals surface area contributed by atoms with E-state index < -0.39 is 0 Å². The summed E-state index contributed by atoms with van der Waals surface area (Å²) in [7, 11) is 0. The quantitative estimate of drug-likeness (QED) is 0.379. The lowest BCUT2D eigenvalue weighted by Crippen LogP contribution is -2.09. The summed E-state index contributed by atoms with van der Waals surface area (Å²) in [6.07, 6.45) is 4.39. The summed E-state index contributed by atoms with van der Waals surface area (Å²) in [4.78, 5) is 4.96. The zero-order valence-electron chi connectivity index (χ0n) is 16.5. The third kappa shape index (κ3) is 2.80. The van der Waals surface area contributed by atoms with Crippen LogP contribution in [0.15, 0.2) is 34.9 Å². The van der Waals surface area contributed by atoms with Gasteiger partial charge in [0.15, 0.2) is 5.65 Å². The zero-order valence-corrected chi connectivity index (χ0v) is 18.1. The van der Waals surface area contributed by atoms with E-state index in [2.05, 4.69) is 85.6 Å². The Kier molecular flexibility index (Phi) is 4.58. The highest BCUT2D eigenvalue weighted by atomic mass is 79.9. The van der Waals surface area contributed by atoms with Crippen LogP contribution in [0.5, 0.6) is 0 Å². The van der Waals surface area contributed by atoms with Crippen LogP contribution >= 0.6 is 15.9 Å². The molecule has 3 aromatic heterocycles. The lowest BCUT2D eigenvalue weighted by atomic mass is 10.0. The number of aromatic nitrogens is 4. The average molecular weight is 425 g/mol. The average Bonchev–Trinajstić information content (AvgIpc) is 3.19. The molecule has 0 saturated heterocycles. The highest BCUT2D eigenvalue weighted by molar-refractivity contribution is 9.10. The summed E-state index contributed by atoms with van der Waals surface area (Å²) in [5.74, 6) is 0. The molecular weight excluding hydrogens is 400 g/mol. The molecule has 0 spiro atoms. The third-order valence-corrected chi connectivity index (χ3v) is 6.07. The first-order chi connectivity index (χ1) is 13.0. The predicted octanol–water partition coefficient (Wildman–Crippen LogP) is 6.40. The SMILES string of the molecule is CCC(CC)n1ccc2c(C)nc3c(-c4ccc(Br)cc4C)c(C)nn3c21. The van der Waals surface area contributed by atoms with Crippen LogP contribution in [0, 0.1) is 20.8 Å². The first-order valence-corrected chi connectivity index (χ1v) is 10.4. The van der Waals surface area contributed by atoms with Crippen LogP contribution in [0.2, 0.25) is 0 Å². The van der Waals surface area contributed by atoms with Crippen LogP contribution in [-0.4, -0.2) is 19.2 Å². The fourth-order valence-corrected chi connectivity index (χ4v) is 4.61. The Labute approximate surface area is 168 Å². The predicted molar refractivity (Wildman–Crippen MR) is 115 cm³/mol. The molecule has 0 fully saturated rings. The fourth-order valence-electron chi connectivity index (χ4n) is 4.13. The van der Waals surface area contributed by atoms with Crippen molar-refractivity contribution in [1.29, 1.82) is 0 Å². The normalized spacial score (nSPS) is 12.0. The van der Waals surface area contributed by atoms with Gasteiger partial charge in [-0.25, -0.2) is 4.98 Å². The molecule has 0 radical (unpaired) electrons. The number of hydrogen-bond acceptors (Lipinski definition) is 2. The Morgan fingerprint density at radius 2 is 1.78 bits per heavy atom. The second kappa shape index (κ2) is 6.79. The van der Waals surface area contributed by atoms with E-state index >= 15 is 0 Å². The summed E-state index contributed by atoms with van der Waals surface area (Å²) in [6, 6.07) is 9.04. The van der Waals surface area contributed by atoms with Crippen molar-refractivity contribution in [3.63, 3.8) is 0 Å². The van der Waals surface area contributed by atoms with Crippen LogP contribution in [0.1, 0.15) is 49.7 Å². The molecular formula is C22H25BrN4. The molecule has 0 aliphatic carbocycles. The molecule has 0 atom stereocenters. The number of halogens is 1. The molecule has 0 aliphatic rings. The Morgan fingerprint density at radius 1 is 1.04 bits per heavy atom. The monoisotopic (exact) mass is 424 g/mol. The Bertz CT molecular complexity index is 1150. The van der Waals surface area contributed by atoms with Crippen LogP contribution in [0.25, 0.3) is 27.8 Å². The maximum Gasteiger partial charge on any atom is 0.165 e. The van der Waals surface area contributed by atoms with Gasteiger partial charge in [0.05, 0.1) is 11.4 Å². The number of aryl methyl sites for hydroxylation is 3. The second-order valence-electron chi connectivity index (χ2n) is 7.28. The molecule has 140 valence electrons. The molecule has 4 nitrogen and oxygen atoms in total. The number of rotatable bonds is 4. The van der Waals surface area contributed by atoms with Gasteiger partial charge < -0.3 is 4.57 Å². The Hall–Kier alpha value is -2.14. The largest absolute Gasteiger partial charge is 0.329 e. The molecule has 4 rings (SSSR count). The van der Waals surface area contributed by atoms with E-state index in [0.29, 0.717) is 6.04 Å². The van der Waals surface area contributed by atoms with Crippen molar-refractivity contribution in [3.8, 4) is 11.1 Å². The van der Waals surface area contributed by atoms with Crippen LogP contribution < -0.4 is 0 Å². The Morgan fingerprint density at radius 3 is 2.44 bits per heavy atom. The van der Waals surface area contributed by atoms with Gasteiger partial charge in [0.25, 0.3) is 0 Å². The van der Waals surface area contributed by atoms with E-state index in [9.17, 15) is 0 Å². The van der Waals surface area contributed by atoms with Crippen LogP contribution in [-0.2, 0) is 0 Å². The van der Waals surface area contributed by atoms with Gasteiger partial charge in [-0.15, -0.1) is 0 Å². The molecule has 1 aromatic carbocycles. The summed E-state index contributed by atoms with van der Waals surface area (Å²) in [5.41, 5.74) is 7.69. The maximum absolute atomic E-state index is 4.96. The number of hydrogen-bond donors (Lipinski definition) is 0. The van der Waals surface area contributed by atoms with E-state index in [1.54, 1.807) is 0 Å². The van der Waals surface area contributed by atoms with Gasteiger partial charge in [-0.3, -0.25) is 0 Å². The van der Waals surface area contributed by atoms with E-state index in [-0.39, 0.29) is 0 Å². The van der Waals surface area contributed by atoms with E-state index in [4.69, 9.17) is 10.1 Å². The van der Waals surface area contributed by atoms with E-state index in [0.717, 1.165) is 45.6 Å². The summed E-state index contributed by atoms with van der Waals surface area (Å²) < 4.78 is 5.51. The van der Waals surface area contributed by atoms with Crippen molar-refractivity contribution in [3.05, 3.63) is 51.9 Å². The minimum atomic E-state index is 0.467. The molecule has 0 bridgehead atoms. The van der Waals surface area contributed by atoms with Crippen molar-refractivity contribution >= 4 is 32.6 Å². The minimum absolute atomic E-state index is 0.467. The highest BCUT2D eigenvalue weighted by Crippen LogP contribution is 2.34. The van der Waals surface area contributed by atoms with Gasteiger partial charge in [-0.05, 0) is 62.9 Å². The standard InChI is InChI=1S/C22H25BrN4/c1-6-17(7-2)26-11-10-19-14(4)24-21-20(15(5)25-27(21)22(19)26)18-9-8-16(23)12-13(18)3/h8-12,17H,6-7H2,1-5H3. The van der Waals surface area contributed by atoms with Crippen molar-refractivity contribution < 1.29 is 0 Å². The number of nitrogens with zero attached hydrogens (tertiary/aromatic N) is 4. The smallest absolute Gasteiger partial charge is 0.165 e. The summed E-state index contributed by atoms with van der Waals surface area (Å²) >= 11 is 3.57. The van der Waals surface area contributed by atoms with E-state index in [1.165, 1.54) is 16.5 Å². The summed E-state index contributed by atoms with van der Waals surface area (Å²) in [6.45, 7) is 10.8. The molecule has 0 amide bonds. The molecule has 0 saturated carbocycles. The molecule has 0 unspecified atom stereocenters. The van der Waals surface area contributed by atoms with Crippen molar-refractivity contribution in [2.24, 2.45) is 0 Å². The maximum atomic E-state index is 4.96. The number of fused-ring (bicyclic) bond motifs is 3. The lowest BCUT2D eigenvalue weighted by molar-refractivity contribution is 0.480. The molecule has 27 heavy (non-hydrogen) atoms. The summed E-state index contributed by atoms with van der Waals surface area (Å²) in [5, 5.41) is 6.10. The second-order valence-corrected chi connectivity index (χ2v) is 8.20. The minimum Gasteiger partial charge on any atom is -0.329 e. The third-order valence-electron chi connectivity index (χ3n) is 5.58. The first kappa shape index (κ1) is 18.2. The van der Waals surface area contributed by atoms with Crippen molar-refractivity contribution in [2.75, 3.05) is 0 Å².